The smallest absolute Gasteiger partial charge is 0.400 e. The molecule has 0 aliphatic carbocycles. The number of benzene rings is 1. The molecule has 0 spiro atoms. The van der Waals surface area contributed by atoms with Crippen LogP contribution in [0.15, 0.2) is 64.7 Å². The predicted octanol–water partition coefficient (Wildman–Crippen LogP) is 3.71. The van der Waals surface area contributed by atoms with Crippen molar-refractivity contribution in [3.05, 3.63) is 65.3 Å². The standard InChI is InChI=1S/C27H29F3N8O2/c1-3-10-37-25(39)19-15-31-26(32-17-4-6-18(7-5-17)36-13-11-35(2)12-14-36)34-24(19)38(37)22-9-8-21-23(33-22)20(16-40-21)27(28,29)30/h3-8,15,20,22H,1,9-14,16H2,2H3,(H,31,32,34). The predicted molar refractivity (Wildman–Crippen MR) is 146 cm³/mol. The Balaban J connectivity index is 1.32. The van der Waals surface area contributed by atoms with Crippen LogP contribution in [0.4, 0.5) is 30.5 Å². The number of ether oxygens (including phenoxy) is 1. The highest BCUT2D eigenvalue weighted by Gasteiger charge is 2.50. The lowest BCUT2D eigenvalue weighted by atomic mass is 10.0. The molecule has 40 heavy (non-hydrogen) atoms. The number of hydrogen-bond acceptors (Lipinski definition) is 8. The molecule has 5 heterocycles. The number of dihydropyridines is 1. The van der Waals surface area contributed by atoms with E-state index in [1.807, 2.05) is 24.3 Å². The number of nitrogens with zero attached hydrogens (tertiary/aromatic N) is 7. The monoisotopic (exact) mass is 554 g/mol. The van der Waals surface area contributed by atoms with E-state index in [1.54, 1.807) is 12.2 Å². The summed E-state index contributed by atoms with van der Waals surface area (Å²) in [5, 5.41) is 3.42. The van der Waals surface area contributed by atoms with Gasteiger partial charge in [-0.3, -0.25) is 9.79 Å². The Kier molecular flexibility index (Phi) is 6.61. The summed E-state index contributed by atoms with van der Waals surface area (Å²) in [6, 6.07) is 7.94. The Morgan fingerprint density at radius 2 is 1.93 bits per heavy atom. The van der Waals surface area contributed by atoms with Gasteiger partial charge in [0.05, 0.1) is 12.3 Å². The number of fused-ring (bicyclic) bond motifs is 2. The van der Waals surface area contributed by atoms with Crippen molar-refractivity contribution in [1.82, 2.24) is 24.2 Å². The number of halogens is 3. The summed E-state index contributed by atoms with van der Waals surface area (Å²) in [5.41, 5.74) is 1.63. The average Bonchev–Trinajstić information content (AvgIpc) is 3.48. The van der Waals surface area contributed by atoms with Crippen molar-refractivity contribution in [2.45, 2.75) is 25.3 Å². The Morgan fingerprint density at radius 1 is 1.18 bits per heavy atom. The highest BCUT2D eigenvalue weighted by atomic mass is 19.4. The topological polar surface area (TPSA) is 92.8 Å². The molecule has 10 nitrogen and oxygen atoms in total. The maximum atomic E-state index is 13.6. The van der Waals surface area contributed by atoms with Crippen molar-refractivity contribution in [3.8, 4) is 0 Å². The van der Waals surface area contributed by atoms with Crippen LogP contribution in [0.25, 0.3) is 11.0 Å². The second-order valence-corrected chi connectivity index (χ2v) is 10.1. The van der Waals surface area contributed by atoms with E-state index in [9.17, 15) is 18.0 Å². The van der Waals surface area contributed by atoms with Crippen molar-refractivity contribution in [2.75, 3.05) is 50.1 Å². The second kappa shape index (κ2) is 10.1. The Labute approximate surface area is 228 Å². The number of rotatable bonds is 6. The lowest BCUT2D eigenvalue weighted by molar-refractivity contribution is -0.158. The zero-order valence-corrected chi connectivity index (χ0v) is 21.9. The van der Waals surface area contributed by atoms with Crippen molar-refractivity contribution >= 4 is 34.1 Å². The summed E-state index contributed by atoms with van der Waals surface area (Å²) in [5.74, 6) is -1.42. The van der Waals surface area contributed by atoms with Gasteiger partial charge in [0.15, 0.2) is 5.65 Å². The third-order valence-electron chi connectivity index (χ3n) is 7.47. The van der Waals surface area contributed by atoms with Crippen molar-refractivity contribution in [3.63, 3.8) is 0 Å². The fourth-order valence-corrected chi connectivity index (χ4v) is 5.30. The molecule has 0 saturated carbocycles. The number of likely N-dealkylation sites (N-methyl/N-ethyl adjacent to an activating group) is 1. The van der Waals surface area contributed by atoms with Gasteiger partial charge in [0, 0.05) is 50.2 Å². The van der Waals surface area contributed by atoms with Gasteiger partial charge >= 0.3 is 6.18 Å². The molecule has 1 N–H and O–H groups in total. The lowest BCUT2D eigenvalue weighted by Gasteiger charge is -2.34. The number of anilines is 3. The van der Waals surface area contributed by atoms with Gasteiger partial charge in [0.1, 0.15) is 29.8 Å². The number of piperazine rings is 1. The number of alkyl halides is 3. The van der Waals surface area contributed by atoms with Gasteiger partial charge < -0.3 is 19.9 Å². The molecule has 6 rings (SSSR count). The maximum Gasteiger partial charge on any atom is 0.400 e. The summed E-state index contributed by atoms with van der Waals surface area (Å²) in [7, 11) is 2.11. The minimum Gasteiger partial charge on any atom is -0.491 e. The number of aliphatic imine (C=N–C) groups is 1. The molecular weight excluding hydrogens is 525 g/mol. The van der Waals surface area contributed by atoms with Gasteiger partial charge in [0.2, 0.25) is 5.95 Å². The van der Waals surface area contributed by atoms with Crippen LogP contribution in [0.5, 0.6) is 0 Å². The van der Waals surface area contributed by atoms with E-state index in [0.717, 1.165) is 37.6 Å². The average molecular weight is 555 g/mol. The minimum absolute atomic E-state index is 0.128. The van der Waals surface area contributed by atoms with Crippen LogP contribution in [0.2, 0.25) is 0 Å². The molecule has 3 aliphatic rings. The first-order valence-corrected chi connectivity index (χ1v) is 13.1. The van der Waals surface area contributed by atoms with Gasteiger partial charge in [-0.15, -0.1) is 6.58 Å². The first-order valence-electron chi connectivity index (χ1n) is 13.1. The van der Waals surface area contributed by atoms with Crippen LogP contribution in [-0.2, 0) is 11.3 Å². The fraction of sp³-hybridized carbons (Fsp3) is 0.407. The van der Waals surface area contributed by atoms with Crippen LogP contribution < -0.4 is 15.8 Å². The summed E-state index contributed by atoms with van der Waals surface area (Å²) >= 11 is 0. The van der Waals surface area contributed by atoms with Gasteiger partial charge in [-0.25, -0.2) is 14.3 Å². The molecule has 0 bridgehead atoms. The molecule has 2 aromatic heterocycles. The Morgan fingerprint density at radius 3 is 2.62 bits per heavy atom. The van der Waals surface area contributed by atoms with Gasteiger partial charge in [0.25, 0.3) is 5.56 Å². The summed E-state index contributed by atoms with van der Waals surface area (Å²) in [4.78, 5) is 31.2. The second-order valence-electron chi connectivity index (χ2n) is 10.1. The third-order valence-corrected chi connectivity index (χ3v) is 7.47. The zero-order valence-electron chi connectivity index (χ0n) is 21.9. The van der Waals surface area contributed by atoms with Crippen LogP contribution in [0.1, 0.15) is 12.6 Å². The quantitative estimate of drug-likeness (QED) is 0.465. The Bertz CT molecular complexity index is 1550. The van der Waals surface area contributed by atoms with Crippen molar-refractivity contribution < 1.29 is 17.9 Å². The van der Waals surface area contributed by atoms with Crippen molar-refractivity contribution in [1.29, 1.82) is 0 Å². The lowest BCUT2D eigenvalue weighted by Crippen LogP contribution is -2.44. The first kappa shape index (κ1) is 26.1. The van der Waals surface area contributed by atoms with E-state index in [1.165, 1.54) is 15.6 Å². The van der Waals surface area contributed by atoms with Crippen molar-refractivity contribution in [2.24, 2.45) is 10.9 Å². The minimum atomic E-state index is -4.49. The molecule has 1 aromatic carbocycles. The molecule has 2 saturated heterocycles. The van der Waals surface area contributed by atoms with E-state index >= 15 is 0 Å². The number of hydrogen-bond donors (Lipinski definition) is 1. The number of nitrogens with one attached hydrogen (secondary N) is 1. The molecule has 2 unspecified atom stereocenters. The van der Waals surface area contributed by atoms with E-state index in [0.29, 0.717) is 0 Å². The summed E-state index contributed by atoms with van der Waals surface area (Å²) in [6.45, 7) is 7.28. The molecule has 3 aliphatic heterocycles. The van der Waals surface area contributed by atoms with Crippen LogP contribution in [0, 0.1) is 5.92 Å². The van der Waals surface area contributed by atoms with Gasteiger partial charge in [-0.05, 0) is 37.4 Å². The zero-order chi connectivity index (χ0) is 28.0. The highest BCUT2D eigenvalue weighted by molar-refractivity contribution is 6.03. The van der Waals surface area contributed by atoms with Gasteiger partial charge in [-0.2, -0.15) is 18.2 Å². The number of aromatic nitrogens is 4. The summed E-state index contributed by atoms with van der Waals surface area (Å²) in [6.07, 6.45) is -0.508. The van der Waals surface area contributed by atoms with Gasteiger partial charge in [-0.1, -0.05) is 6.08 Å². The maximum absolute atomic E-state index is 13.6. The SMILES string of the molecule is C=CCn1c(=O)c2cnc(Nc3ccc(N4CCN(C)CC4)cc3)nc2n1C1CC=C2OCC(C(F)(F)F)C2=N1. The van der Waals surface area contributed by atoms with E-state index in [4.69, 9.17) is 4.74 Å². The highest BCUT2D eigenvalue weighted by Crippen LogP contribution is 2.39. The number of allylic oxidation sites excluding steroid dienone is 2. The normalized spacial score (nSPS) is 21.6. The van der Waals surface area contributed by atoms with Crippen LogP contribution in [-0.4, -0.2) is 76.0 Å². The summed E-state index contributed by atoms with van der Waals surface area (Å²) < 4.78 is 49.1. The molecule has 2 fully saturated rings. The molecule has 0 radical (unpaired) electrons. The Hall–Kier alpha value is -4.13. The molecule has 210 valence electrons. The third kappa shape index (κ3) is 4.74. The van der Waals surface area contributed by atoms with E-state index < -0.39 is 24.9 Å². The molecular formula is C27H29F3N8O2. The molecule has 2 atom stereocenters. The fourth-order valence-electron chi connectivity index (χ4n) is 5.30. The largest absolute Gasteiger partial charge is 0.491 e. The van der Waals surface area contributed by atoms with E-state index in [-0.39, 0.29) is 47.0 Å². The van der Waals surface area contributed by atoms with E-state index in [2.05, 4.69) is 43.7 Å². The van der Waals surface area contributed by atoms with Crippen LogP contribution in [0.3, 0.4) is 0 Å². The first-order chi connectivity index (χ1) is 19.2. The van der Waals surface area contributed by atoms with Crippen LogP contribution >= 0.6 is 0 Å². The molecule has 0 amide bonds. The molecule has 3 aromatic rings. The molecule has 13 heteroatoms.